The molecular formula is C24H30F3N5O. The Labute approximate surface area is 192 Å². The van der Waals surface area contributed by atoms with Crippen LogP contribution in [0.4, 0.5) is 24.9 Å². The molecule has 3 rings (SSSR count). The molecule has 2 aromatic rings. The zero-order chi connectivity index (χ0) is 23.8. The lowest BCUT2D eigenvalue weighted by Gasteiger charge is -2.26. The number of nitrogens with two attached hydrogens (primary N) is 2. The highest BCUT2D eigenvalue weighted by Gasteiger charge is 2.32. The van der Waals surface area contributed by atoms with E-state index >= 15 is 0 Å². The number of halogens is 3. The molecule has 1 heterocycles. The maximum atomic E-state index is 12.7. The van der Waals surface area contributed by atoms with E-state index in [4.69, 9.17) is 11.5 Å². The van der Waals surface area contributed by atoms with Crippen molar-refractivity contribution in [3.05, 3.63) is 41.1 Å². The molecule has 0 aliphatic heterocycles. The predicted octanol–water partition coefficient (Wildman–Crippen LogP) is 4.78. The van der Waals surface area contributed by atoms with Crippen LogP contribution in [0.15, 0.2) is 24.3 Å². The second kappa shape index (κ2) is 11.2. The number of nitrogens with one attached hydrogen (secondary N) is 1. The van der Waals surface area contributed by atoms with E-state index in [-0.39, 0.29) is 30.1 Å². The van der Waals surface area contributed by atoms with E-state index in [9.17, 15) is 13.2 Å². The molecule has 0 spiro atoms. The van der Waals surface area contributed by atoms with E-state index in [0.29, 0.717) is 23.5 Å². The summed E-state index contributed by atoms with van der Waals surface area (Å²) >= 11 is 0. The highest BCUT2D eigenvalue weighted by molar-refractivity contribution is 5.56. The number of ether oxygens (including phenoxy) is 1. The van der Waals surface area contributed by atoms with Crippen molar-refractivity contribution in [2.45, 2.75) is 70.8 Å². The van der Waals surface area contributed by atoms with Crippen LogP contribution in [0.25, 0.3) is 0 Å². The van der Waals surface area contributed by atoms with Gasteiger partial charge in [-0.15, -0.1) is 13.2 Å². The summed E-state index contributed by atoms with van der Waals surface area (Å²) in [5.41, 5.74) is 14.0. The summed E-state index contributed by atoms with van der Waals surface area (Å²) in [5.74, 6) is 6.90. The molecule has 1 aliphatic carbocycles. The van der Waals surface area contributed by atoms with Gasteiger partial charge in [-0.25, -0.2) is 4.98 Å². The van der Waals surface area contributed by atoms with Crippen LogP contribution in [-0.2, 0) is 13.0 Å². The van der Waals surface area contributed by atoms with Crippen LogP contribution in [0.3, 0.4) is 0 Å². The van der Waals surface area contributed by atoms with Gasteiger partial charge in [0.05, 0.1) is 11.3 Å². The van der Waals surface area contributed by atoms with Gasteiger partial charge in [-0.3, -0.25) is 0 Å². The minimum atomic E-state index is -4.77. The Bertz CT molecular complexity index is 992. The van der Waals surface area contributed by atoms with Crippen LogP contribution in [0, 0.1) is 17.8 Å². The number of aromatic nitrogens is 2. The van der Waals surface area contributed by atoms with Gasteiger partial charge in [0.25, 0.3) is 0 Å². The van der Waals surface area contributed by atoms with E-state index in [1.54, 1.807) is 12.1 Å². The van der Waals surface area contributed by atoms with E-state index < -0.39 is 6.36 Å². The van der Waals surface area contributed by atoms with Crippen molar-refractivity contribution in [3.8, 4) is 17.6 Å². The first kappa shape index (κ1) is 24.6. The van der Waals surface area contributed by atoms with Crippen molar-refractivity contribution in [2.75, 3.05) is 11.1 Å². The summed E-state index contributed by atoms with van der Waals surface area (Å²) in [7, 11) is 0. The standard InChI is InChI=1S/C24H30F3N5O/c1-2-3-4-8-19-20(14-16-10-12-18(28)13-11-16)31-23(32-22(19)29)30-15-17-7-5-6-9-21(17)33-24(25,26)27/h5-7,9,16,18H,2-3,10-15,28H2,1H3,(H3,29,30,31,32). The van der Waals surface area contributed by atoms with Crippen molar-refractivity contribution in [3.63, 3.8) is 0 Å². The molecule has 0 unspecified atom stereocenters. The average molecular weight is 462 g/mol. The van der Waals surface area contributed by atoms with Crippen LogP contribution in [0.2, 0.25) is 0 Å². The van der Waals surface area contributed by atoms with Crippen LogP contribution >= 0.6 is 0 Å². The Morgan fingerprint density at radius 3 is 2.58 bits per heavy atom. The first-order valence-electron chi connectivity index (χ1n) is 11.2. The van der Waals surface area contributed by atoms with Crippen LogP contribution in [0.1, 0.15) is 62.3 Å². The number of anilines is 2. The Morgan fingerprint density at radius 2 is 1.88 bits per heavy atom. The molecule has 1 aliphatic rings. The SMILES string of the molecule is CCCC#Cc1c(N)nc(NCc2ccccc2OC(F)(F)F)nc1CC1CCC(N)CC1. The number of hydrogen-bond acceptors (Lipinski definition) is 6. The number of unbranched alkanes of at least 4 members (excludes halogenated alkanes) is 1. The molecule has 9 heteroatoms. The summed E-state index contributed by atoms with van der Waals surface area (Å²) in [6.45, 7) is 2.10. The lowest BCUT2D eigenvalue weighted by molar-refractivity contribution is -0.274. The smallest absolute Gasteiger partial charge is 0.405 e. The molecule has 6 nitrogen and oxygen atoms in total. The molecule has 0 saturated heterocycles. The number of nitrogens with zero attached hydrogens (tertiary/aromatic N) is 2. The van der Waals surface area contributed by atoms with Gasteiger partial charge in [0.15, 0.2) is 0 Å². The first-order valence-corrected chi connectivity index (χ1v) is 11.2. The largest absolute Gasteiger partial charge is 0.573 e. The molecule has 1 aromatic carbocycles. The van der Waals surface area contributed by atoms with Gasteiger partial charge in [0.1, 0.15) is 11.6 Å². The number of nitrogen functional groups attached to an aromatic ring is 1. The summed E-state index contributed by atoms with van der Waals surface area (Å²) in [5, 5.41) is 2.99. The Balaban J connectivity index is 1.82. The number of hydrogen-bond donors (Lipinski definition) is 3. The average Bonchev–Trinajstić information content (AvgIpc) is 2.75. The molecule has 1 saturated carbocycles. The van der Waals surface area contributed by atoms with Crippen LogP contribution in [0.5, 0.6) is 5.75 Å². The highest BCUT2D eigenvalue weighted by Crippen LogP contribution is 2.29. The third-order valence-electron chi connectivity index (χ3n) is 5.61. The third-order valence-corrected chi connectivity index (χ3v) is 5.61. The molecule has 0 atom stereocenters. The molecule has 178 valence electrons. The monoisotopic (exact) mass is 461 g/mol. The fraction of sp³-hybridized carbons (Fsp3) is 0.500. The fourth-order valence-electron chi connectivity index (χ4n) is 3.88. The van der Waals surface area contributed by atoms with Gasteiger partial charge in [0, 0.05) is 24.6 Å². The van der Waals surface area contributed by atoms with E-state index in [2.05, 4.69) is 31.9 Å². The Hall–Kier alpha value is -2.99. The number of alkyl halides is 3. The van der Waals surface area contributed by atoms with Gasteiger partial charge in [-0.1, -0.05) is 37.0 Å². The van der Waals surface area contributed by atoms with Crippen molar-refractivity contribution in [1.29, 1.82) is 0 Å². The minimum absolute atomic E-state index is 0.0459. The second-order valence-corrected chi connectivity index (χ2v) is 8.30. The quantitative estimate of drug-likeness (QED) is 0.513. The zero-order valence-corrected chi connectivity index (χ0v) is 18.7. The van der Waals surface area contributed by atoms with Crippen molar-refractivity contribution in [2.24, 2.45) is 11.7 Å². The normalized spacial score (nSPS) is 18.3. The number of para-hydroxylation sites is 1. The van der Waals surface area contributed by atoms with Crippen LogP contribution in [-0.4, -0.2) is 22.4 Å². The van der Waals surface area contributed by atoms with Gasteiger partial charge in [-0.2, -0.15) is 4.98 Å². The van der Waals surface area contributed by atoms with E-state index in [1.807, 2.05) is 6.92 Å². The fourth-order valence-corrected chi connectivity index (χ4v) is 3.88. The molecule has 5 N–H and O–H groups in total. The van der Waals surface area contributed by atoms with Gasteiger partial charge >= 0.3 is 6.36 Å². The third kappa shape index (κ3) is 7.53. The summed E-state index contributed by atoms with van der Waals surface area (Å²) in [6.07, 6.45) is 1.58. The second-order valence-electron chi connectivity index (χ2n) is 8.30. The lowest BCUT2D eigenvalue weighted by Crippen LogP contribution is -2.27. The van der Waals surface area contributed by atoms with E-state index in [0.717, 1.165) is 44.2 Å². The van der Waals surface area contributed by atoms with E-state index in [1.165, 1.54) is 12.1 Å². The van der Waals surface area contributed by atoms with Gasteiger partial charge in [0.2, 0.25) is 5.95 Å². The maximum Gasteiger partial charge on any atom is 0.573 e. The van der Waals surface area contributed by atoms with Crippen molar-refractivity contribution >= 4 is 11.8 Å². The lowest BCUT2D eigenvalue weighted by atomic mass is 9.83. The maximum absolute atomic E-state index is 12.7. The van der Waals surface area contributed by atoms with Crippen molar-refractivity contribution < 1.29 is 17.9 Å². The molecule has 0 radical (unpaired) electrons. The molecule has 1 aromatic heterocycles. The molecule has 0 amide bonds. The Morgan fingerprint density at radius 1 is 1.15 bits per heavy atom. The Kier molecular flexibility index (Phi) is 8.39. The minimum Gasteiger partial charge on any atom is -0.405 e. The summed E-state index contributed by atoms with van der Waals surface area (Å²) < 4.78 is 42.2. The predicted molar refractivity (Wildman–Crippen MR) is 122 cm³/mol. The summed E-state index contributed by atoms with van der Waals surface area (Å²) in [6, 6.07) is 6.19. The highest BCUT2D eigenvalue weighted by atomic mass is 19.4. The number of rotatable bonds is 7. The topological polar surface area (TPSA) is 99.1 Å². The molecular weight excluding hydrogens is 431 g/mol. The molecule has 33 heavy (non-hydrogen) atoms. The first-order chi connectivity index (χ1) is 15.7. The summed E-state index contributed by atoms with van der Waals surface area (Å²) in [4.78, 5) is 8.95. The zero-order valence-electron chi connectivity index (χ0n) is 18.7. The number of benzene rings is 1. The molecule has 1 fully saturated rings. The van der Waals surface area contributed by atoms with Crippen molar-refractivity contribution in [1.82, 2.24) is 9.97 Å². The van der Waals surface area contributed by atoms with Gasteiger partial charge < -0.3 is 21.5 Å². The molecule has 0 bridgehead atoms. The van der Waals surface area contributed by atoms with Crippen LogP contribution < -0.4 is 21.5 Å². The van der Waals surface area contributed by atoms with Gasteiger partial charge in [-0.05, 0) is 50.5 Å².